The molecule has 0 fully saturated rings. The van der Waals surface area contributed by atoms with E-state index in [1.165, 1.54) is 38.5 Å². The van der Waals surface area contributed by atoms with Gasteiger partial charge in [-0.25, -0.2) is 0 Å². The molecule has 1 unspecified atom stereocenters. The van der Waals surface area contributed by atoms with Gasteiger partial charge in [-0.3, -0.25) is 9.69 Å². The Bertz CT molecular complexity index is 291. The number of hydrogen-bond acceptors (Lipinski definition) is 4. The average molecular weight is 346 g/mol. The second-order valence-corrected chi connectivity index (χ2v) is 7.14. The predicted molar refractivity (Wildman–Crippen MR) is 98.2 cm³/mol. The summed E-state index contributed by atoms with van der Waals surface area (Å²) in [5.41, 5.74) is 0. The molecule has 24 heavy (non-hydrogen) atoms. The second-order valence-electron chi connectivity index (χ2n) is 7.14. The van der Waals surface area contributed by atoms with Crippen LogP contribution >= 0.6 is 0 Å². The van der Waals surface area contributed by atoms with E-state index in [4.69, 9.17) is 10.2 Å². The standard InChI is InChI=1S/C19H39NO4/c1-17(2)11-9-7-5-3-4-6-8-10-12-18(19(23)24)20(13-15-21)14-16-22/h17-18,21-22H,3-16H2,1-2H3,(H,23,24). The van der Waals surface area contributed by atoms with Crippen LogP contribution in [0.1, 0.15) is 78.1 Å². The third-order valence-corrected chi connectivity index (χ3v) is 4.51. The first-order chi connectivity index (χ1) is 11.5. The predicted octanol–water partition coefficient (Wildman–Crippen LogP) is 3.28. The van der Waals surface area contributed by atoms with E-state index in [0.717, 1.165) is 25.2 Å². The lowest BCUT2D eigenvalue weighted by Gasteiger charge is -2.27. The van der Waals surface area contributed by atoms with Crippen molar-refractivity contribution in [2.45, 2.75) is 84.1 Å². The third-order valence-electron chi connectivity index (χ3n) is 4.51. The summed E-state index contributed by atoms with van der Waals surface area (Å²) in [7, 11) is 0. The quantitative estimate of drug-likeness (QED) is 0.353. The van der Waals surface area contributed by atoms with E-state index in [2.05, 4.69) is 13.8 Å². The fourth-order valence-corrected chi connectivity index (χ4v) is 3.09. The molecule has 0 heterocycles. The van der Waals surface area contributed by atoms with E-state index in [-0.39, 0.29) is 13.2 Å². The Kier molecular flexibility index (Phi) is 15.4. The third kappa shape index (κ3) is 12.7. The van der Waals surface area contributed by atoms with Crippen molar-refractivity contribution in [1.29, 1.82) is 0 Å². The van der Waals surface area contributed by atoms with Gasteiger partial charge < -0.3 is 15.3 Å². The summed E-state index contributed by atoms with van der Waals surface area (Å²) in [5, 5.41) is 27.4. The molecule has 5 nitrogen and oxygen atoms in total. The molecule has 0 saturated heterocycles. The van der Waals surface area contributed by atoms with Crippen LogP contribution < -0.4 is 0 Å². The molecule has 0 saturated carbocycles. The van der Waals surface area contributed by atoms with Crippen LogP contribution in [-0.2, 0) is 4.79 Å². The molecule has 0 rings (SSSR count). The molecule has 0 aromatic rings. The molecule has 0 aliphatic carbocycles. The Morgan fingerprint density at radius 2 is 1.21 bits per heavy atom. The summed E-state index contributed by atoms with van der Waals surface area (Å²) in [4.78, 5) is 13.1. The van der Waals surface area contributed by atoms with Crippen LogP contribution in [-0.4, -0.2) is 58.5 Å². The summed E-state index contributed by atoms with van der Waals surface area (Å²) in [6.45, 7) is 4.97. The minimum absolute atomic E-state index is 0.0827. The smallest absolute Gasteiger partial charge is 0.320 e. The lowest BCUT2D eigenvalue weighted by atomic mass is 10.0. The first-order valence-electron chi connectivity index (χ1n) is 9.71. The number of carboxylic acid groups (broad SMARTS) is 1. The van der Waals surface area contributed by atoms with E-state index in [1.807, 2.05) is 0 Å². The van der Waals surface area contributed by atoms with Crippen molar-refractivity contribution in [2.24, 2.45) is 5.92 Å². The zero-order chi connectivity index (χ0) is 18.2. The van der Waals surface area contributed by atoms with Gasteiger partial charge in [0.1, 0.15) is 6.04 Å². The summed E-state index contributed by atoms with van der Waals surface area (Å²) in [6, 6.07) is -0.597. The van der Waals surface area contributed by atoms with Crippen molar-refractivity contribution >= 4 is 5.97 Å². The zero-order valence-corrected chi connectivity index (χ0v) is 15.8. The monoisotopic (exact) mass is 345 g/mol. The normalized spacial score (nSPS) is 12.9. The Labute approximate surface area is 148 Å². The van der Waals surface area contributed by atoms with E-state index in [0.29, 0.717) is 19.5 Å². The minimum atomic E-state index is -0.859. The highest BCUT2D eigenvalue weighted by Crippen LogP contribution is 2.15. The summed E-state index contributed by atoms with van der Waals surface area (Å²) >= 11 is 0. The maximum atomic E-state index is 11.4. The van der Waals surface area contributed by atoms with Crippen LogP contribution in [0.15, 0.2) is 0 Å². The molecule has 0 aliphatic heterocycles. The highest BCUT2D eigenvalue weighted by molar-refractivity contribution is 5.73. The molecule has 0 aliphatic rings. The number of rotatable bonds is 17. The Morgan fingerprint density at radius 3 is 1.58 bits per heavy atom. The van der Waals surface area contributed by atoms with Crippen molar-refractivity contribution in [2.75, 3.05) is 26.3 Å². The van der Waals surface area contributed by atoms with E-state index in [9.17, 15) is 9.90 Å². The molecule has 3 N–H and O–H groups in total. The van der Waals surface area contributed by atoms with Crippen LogP contribution in [0, 0.1) is 5.92 Å². The number of nitrogens with zero attached hydrogens (tertiary/aromatic N) is 1. The summed E-state index contributed by atoms with van der Waals surface area (Å²) in [6.07, 6.45) is 11.5. The lowest BCUT2D eigenvalue weighted by Crippen LogP contribution is -2.44. The van der Waals surface area contributed by atoms with Gasteiger partial charge in [-0.1, -0.05) is 71.6 Å². The van der Waals surface area contributed by atoms with Crippen molar-refractivity contribution < 1.29 is 20.1 Å². The molecular formula is C19H39NO4. The summed E-state index contributed by atoms with van der Waals surface area (Å²) in [5.74, 6) is -0.0505. The van der Waals surface area contributed by atoms with Crippen molar-refractivity contribution in [3.05, 3.63) is 0 Å². The van der Waals surface area contributed by atoms with Gasteiger partial charge in [0, 0.05) is 13.1 Å². The van der Waals surface area contributed by atoms with Crippen molar-refractivity contribution in [3.8, 4) is 0 Å². The number of carboxylic acids is 1. The second kappa shape index (κ2) is 15.9. The number of aliphatic hydroxyl groups excluding tert-OH is 2. The van der Waals surface area contributed by atoms with Gasteiger partial charge >= 0.3 is 5.97 Å². The van der Waals surface area contributed by atoms with Gasteiger partial charge in [0.2, 0.25) is 0 Å². The molecule has 0 aromatic heterocycles. The Balaban J connectivity index is 3.75. The lowest BCUT2D eigenvalue weighted by molar-refractivity contribution is -0.144. The molecule has 0 spiro atoms. The van der Waals surface area contributed by atoms with Gasteiger partial charge in [0.15, 0.2) is 0 Å². The highest BCUT2D eigenvalue weighted by atomic mass is 16.4. The van der Waals surface area contributed by atoms with Gasteiger partial charge in [0.05, 0.1) is 13.2 Å². The molecule has 0 radical (unpaired) electrons. The van der Waals surface area contributed by atoms with Crippen LogP contribution in [0.4, 0.5) is 0 Å². The Hall–Kier alpha value is -0.650. The highest BCUT2D eigenvalue weighted by Gasteiger charge is 2.24. The fourth-order valence-electron chi connectivity index (χ4n) is 3.09. The van der Waals surface area contributed by atoms with Gasteiger partial charge in [-0.2, -0.15) is 0 Å². The number of hydrogen-bond donors (Lipinski definition) is 3. The number of aliphatic hydroxyl groups is 2. The first-order valence-corrected chi connectivity index (χ1v) is 9.71. The van der Waals surface area contributed by atoms with E-state index in [1.54, 1.807) is 4.90 Å². The van der Waals surface area contributed by atoms with Gasteiger partial charge in [0.25, 0.3) is 0 Å². The van der Waals surface area contributed by atoms with E-state index < -0.39 is 12.0 Å². The molecule has 0 aromatic carbocycles. The molecule has 0 bridgehead atoms. The number of aliphatic carboxylic acids is 1. The van der Waals surface area contributed by atoms with E-state index >= 15 is 0 Å². The minimum Gasteiger partial charge on any atom is -0.480 e. The van der Waals surface area contributed by atoms with Crippen LogP contribution in [0.2, 0.25) is 0 Å². The Morgan fingerprint density at radius 1 is 0.792 bits per heavy atom. The fraction of sp³-hybridized carbons (Fsp3) is 0.947. The van der Waals surface area contributed by atoms with Gasteiger partial charge in [-0.05, 0) is 12.3 Å². The SMILES string of the molecule is CC(C)CCCCCCCCCCC(C(=O)O)N(CCO)CCO. The zero-order valence-electron chi connectivity index (χ0n) is 15.8. The topological polar surface area (TPSA) is 81.0 Å². The maximum Gasteiger partial charge on any atom is 0.320 e. The molecular weight excluding hydrogens is 306 g/mol. The van der Waals surface area contributed by atoms with Crippen LogP contribution in [0.25, 0.3) is 0 Å². The van der Waals surface area contributed by atoms with Gasteiger partial charge in [-0.15, -0.1) is 0 Å². The molecule has 0 amide bonds. The van der Waals surface area contributed by atoms with Crippen LogP contribution in [0.3, 0.4) is 0 Å². The first kappa shape index (κ1) is 23.4. The van der Waals surface area contributed by atoms with Crippen molar-refractivity contribution in [1.82, 2.24) is 4.90 Å². The largest absolute Gasteiger partial charge is 0.480 e. The molecule has 5 heteroatoms. The number of unbranched alkanes of at least 4 members (excludes halogenated alkanes) is 7. The maximum absolute atomic E-state index is 11.4. The summed E-state index contributed by atoms with van der Waals surface area (Å²) < 4.78 is 0. The van der Waals surface area contributed by atoms with Crippen molar-refractivity contribution in [3.63, 3.8) is 0 Å². The van der Waals surface area contributed by atoms with Crippen LogP contribution in [0.5, 0.6) is 0 Å². The molecule has 144 valence electrons. The molecule has 1 atom stereocenters. The number of carbonyl (C=O) groups is 1. The average Bonchev–Trinajstić information content (AvgIpc) is 2.52.